The van der Waals surface area contributed by atoms with E-state index in [0.29, 0.717) is 5.75 Å². The second-order valence-corrected chi connectivity index (χ2v) is 7.15. The highest BCUT2D eigenvalue weighted by atomic mass is 16.6. The van der Waals surface area contributed by atoms with E-state index in [4.69, 9.17) is 4.74 Å². The molecule has 1 unspecified atom stereocenters. The molecule has 0 amide bonds. The quantitative estimate of drug-likeness (QED) is 0.610. The van der Waals surface area contributed by atoms with Crippen LogP contribution in [0.15, 0.2) is 18.2 Å². The van der Waals surface area contributed by atoms with Crippen molar-refractivity contribution in [2.45, 2.75) is 51.7 Å². The van der Waals surface area contributed by atoms with Crippen LogP contribution in [0.1, 0.15) is 40.0 Å². The van der Waals surface area contributed by atoms with Crippen molar-refractivity contribution in [3.63, 3.8) is 0 Å². The molecule has 2 saturated heterocycles. The number of ether oxygens (including phenoxy) is 1. The average molecular weight is 333 g/mol. The lowest BCUT2D eigenvalue weighted by atomic mass is 9.95. The number of hydrogen-bond acceptors (Lipinski definition) is 5. The second kappa shape index (κ2) is 6.59. The lowest BCUT2D eigenvalue weighted by molar-refractivity contribution is -0.386. The number of hydrogen-bond donors (Lipinski definition) is 0. The van der Waals surface area contributed by atoms with Gasteiger partial charge < -0.3 is 9.64 Å². The first-order valence-corrected chi connectivity index (χ1v) is 8.90. The Labute approximate surface area is 143 Å². The first-order valence-electron chi connectivity index (χ1n) is 8.90. The molecule has 3 rings (SSSR count). The summed E-state index contributed by atoms with van der Waals surface area (Å²) < 4.78 is 5.69. The third-order valence-corrected chi connectivity index (χ3v) is 5.32. The van der Waals surface area contributed by atoms with E-state index >= 15 is 0 Å². The monoisotopic (exact) mass is 333 g/mol. The van der Waals surface area contributed by atoms with Crippen molar-refractivity contribution in [3.05, 3.63) is 28.3 Å². The van der Waals surface area contributed by atoms with Gasteiger partial charge in [-0.25, -0.2) is 0 Å². The Morgan fingerprint density at radius 3 is 2.79 bits per heavy atom. The molecule has 0 aromatic heterocycles. The molecule has 0 saturated carbocycles. The van der Waals surface area contributed by atoms with E-state index in [2.05, 4.69) is 16.7 Å². The van der Waals surface area contributed by atoms with Gasteiger partial charge in [-0.2, -0.15) is 0 Å². The Hall–Kier alpha value is -1.82. The van der Waals surface area contributed by atoms with Crippen LogP contribution in [-0.2, 0) is 0 Å². The van der Waals surface area contributed by atoms with E-state index in [-0.39, 0.29) is 22.3 Å². The van der Waals surface area contributed by atoms with Gasteiger partial charge in [0.1, 0.15) is 0 Å². The van der Waals surface area contributed by atoms with Gasteiger partial charge in [0.2, 0.25) is 0 Å². The van der Waals surface area contributed by atoms with Crippen molar-refractivity contribution in [3.8, 4) is 5.75 Å². The van der Waals surface area contributed by atoms with Crippen LogP contribution in [0.5, 0.6) is 5.75 Å². The number of anilines is 1. The highest BCUT2D eigenvalue weighted by Gasteiger charge is 2.45. The molecule has 2 aliphatic rings. The smallest absolute Gasteiger partial charge is 0.311 e. The third kappa shape index (κ3) is 3.07. The first-order chi connectivity index (χ1) is 11.4. The molecule has 0 bridgehead atoms. The van der Waals surface area contributed by atoms with Crippen molar-refractivity contribution in [2.24, 2.45) is 0 Å². The molecule has 6 heteroatoms. The first kappa shape index (κ1) is 17.0. The Morgan fingerprint density at radius 2 is 2.12 bits per heavy atom. The van der Waals surface area contributed by atoms with Crippen LogP contribution >= 0.6 is 0 Å². The molecule has 0 radical (unpaired) electrons. The van der Waals surface area contributed by atoms with E-state index in [0.717, 1.165) is 31.7 Å². The molecule has 1 aromatic carbocycles. The molecule has 2 fully saturated rings. The molecule has 24 heavy (non-hydrogen) atoms. The molecular formula is C18H27N3O3. The van der Waals surface area contributed by atoms with Crippen molar-refractivity contribution in [1.29, 1.82) is 0 Å². The molecule has 1 spiro atoms. The minimum Gasteiger partial charge on any atom is -0.484 e. The molecular weight excluding hydrogens is 306 g/mol. The Morgan fingerprint density at radius 1 is 1.33 bits per heavy atom. The van der Waals surface area contributed by atoms with Crippen molar-refractivity contribution >= 4 is 11.4 Å². The molecule has 0 aliphatic carbocycles. The minimum absolute atomic E-state index is 0.0393. The zero-order chi connectivity index (χ0) is 17.3. The van der Waals surface area contributed by atoms with Crippen LogP contribution < -0.4 is 9.64 Å². The maximum Gasteiger partial charge on any atom is 0.311 e. The second-order valence-electron chi connectivity index (χ2n) is 7.15. The van der Waals surface area contributed by atoms with Gasteiger partial charge in [-0.3, -0.25) is 15.0 Å². The molecule has 132 valence electrons. The highest BCUT2D eigenvalue weighted by molar-refractivity contribution is 5.60. The van der Waals surface area contributed by atoms with Crippen molar-refractivity contribution in [1.82, 2.24) is 4.90 Å². The largest absolute Gasteiger partial charge is 0.484 e. The molecule has 1 aromatic rings. The minimum atomic E-state index is -0.372. The summed E-state index contributed by atoms with van der Waals surface area (Å²) in [5, 5.41) is 11.2. The Balaban J connectivity index is 1.84. The SMILES string of the molecule is CCN1CCCC12CCN(c1ccc([N+](=O)[O-])c(OC(C)C)c1)C2. The molecule has 6 nitrogen and oxygen atoms in total. The predicted octanol–water partition coefficient (Wildman–Crippen LogP) is 3.45. The van der Waals surface area contributed by atoms with E-state index in [1.807, 2.05) is 26.0 Å². The normalized spacial score (nSPS) is 24.2. The lowest BCUT2D eigenvalue weighted by Crippen LogP contribution is -2.45. The number of likely N-dealkylation sites (tertiary alicyclic amines) is 1. The summed E-state index contributed by atoms with van der Waals surface area (Å²) in [6.07, 6.45) is 3.59. The number of nitrogens with zero attached hydrogens (tertiary/aromatic N) is 3. The van der Waals surface area contributed by atoms with Crippen LogP contribution in [0.2, 0.25) is 0 Å². The van der Waals surface area contributed by atoms with E-state index in [9.17, 15) is 10.1 Å². The lowest BCUT2D eigenvalue weighted by Gasteiger charge is -2.34. The van der Waals surface area contributed by atoms with E-state index in [1.54, 1.807) is 6.07 Å². The summed E-state index contributed by atoms with van der Waals surface area (Å²) >= 11 is 0. The number of nitro benzene ring substituents is 1. The summed E-state index contributed by atoms with van der Waals surface area (Å²) in [6.45, 7) is 10.3. The maximum absolute atomic E-state index is 11.2. The van der Waals surface area contributed by atoms with Crippen LogP contribution in [0.25, 0.3) is 0 Å². The number of benzene rings is 1. The summed E-state index contributed by atoms with van der Waals surface area (Å²) in [5.41, 5.74) is 1.35. The summed E-state index contributed by atoms with van der Waals surface area (Å²) in [7, 11) is 0. The fourth-order valence-corrected chi connectivity index (χ4v) is 4.23. The van der Waals surface area contributed by atoms with Gasteiger partial charge in [0.15, 0.2) is 5.75 Å². The zero-order valence-electron chi connectivity index (χ0n) is 14.8. The molecule has 0 N–H and O–H groups in total. The van der Waals surface area contributed by atoms with Gasteiger partial charge in [0, 0.05) is 36.4 Å². The van der Waals surface area contributed by atoms with Crippen LogP contribution in [-0.4, -0.2) is 47.6 Å². The fourth-order valence-electron chi connectivity index (χ4n) is 4.23. The molecule has 2 aliphatic heterocycles. The Bertz CT molecular complexity index is 620. The van der Waals surface area contributed by atoms with Gasteiger partial charge >= 0.3 is 5.69 Å². The van der Waals surface area contributed by atoms with Gasteiger partial charge in [0.25, 0.3) is 0 Å². The van der Waals surface area contributed by atoms with Gasteiger partial charge in [-0.1, -0.05) is 6.92 Å². The predicted molar refractivity (Wildman–Crippen MR) is 94.9 cm³/mol. The van der Waals surface area contributed by atoms with E-state index in [1.165, 1.54) is 19.4 Å². The van der Waals surface area contributed by atoms with Gasteiger partial charge in [0.05, 0.1) is 11.0 Å². The molecule has 1 atom stereocenters. The number of likely N-dealkylation sites (N-methyl/N-ethyl adjacent to an activating group) is 1. The summed E-state index contributed by atoms with van der Waals surface area (Å²) in [4.78, 5) is 15.8. The zero-order valence-corrected chi connectivity index (χ0v) is 14.8. The van der Waals surface area contributed by atoms with Gasteiger partial charge in [-0.15, -0.1) is 0 Å². The summed E-state index contributed by atoms with van der Waals surface area (Å²) in [6, 6.07) is 5.27. The van der Waals surface area contributed by atoms with Gasteiger partial charge in [-0.05, 0) is 52.3 Å². The number of rotatable bonds is 5. The van der Waals surface area contributed by atoms with Crippen LogP contribution in [0.3, 0.4) is 0 Å². The average Bonchev–Trinajstić information content (AvgIpc) is 3.13. The topological polar surface area (TPSA) is 58.9 Å². The number of nitro groups is 1. The van der Waals surface area contributed by atoms with Crippen LogP contribution in [0.4, 0.5) is 11.4 Å². The van der Waals surface area contributed by atoms with E-state index < -0.39 is 0 Å². The summed E-state index contributed by atoms with van der Waals surface area (Å²) in [5.74, 6) is 0.368. The third-order valence-electron chi connectivity index (χ3n) is 5.32. The fraction of sp³-hybridized carbons (Fsp3) is 0.667. The van der Waals surface area contributed by atoms with Crippen molar-refractivity contribution in [2.75, 3.05) is 31.1 Å². The van der Waals surface area contributed by atoms with Crippen molar-refractivity contribution < 1.29 is 9.66 Å². The molecule has 2 heterocycles. The maximum atomic E-state index is 11.2. The standard InChI is InChI=1S/C18H27N3O3/c1-4-20-10-5-8-18(20)9-11-19(13-18)15-6-7-16(21(22)23)17(12-15)24-14(2)3/h6-7,12,14H,4-5,8-11,13H2,1-3H3. The van der Waals surface area contributed by atoms with Crippen LogP contribution in [0, 0.1) is 10.1 Å². The highest BCUT2D eigenvalue weighted by Crippen LogP contribution is 2.40. The Kier molecular flexibility index (Phi) is 4.67.